The van der Waals surface area contributed by atoms with Crippen LogP contribution in [0.1, 0.15) is 29.0 Å². The number of hydrogen-bond acceptors (Lipinski definition) is 4. The van der Waals surface area contributed by atoms with Crippen molar-refractivity contribution in [3.05, 3.63) is 89.3 Å². The van der Waals surface area contributed by atoms with E-state index < -0.39 is 6.10 Å². The van der Waals surface area contributed by atoms with E-state index >= 15 is 0 Å². The first-order chi connectivity index (χ1) is 15.2. The molecule has 0 spiro atoms. The smallest absolute Gasteiger partial charge is 0.191 e. The molecule has 1 atom stereocenters. The van der Waals surface area contributed by atoms with Crippen LogP contribution in [0.25, 0.3) is 10.1 Å². The first-order valence-electron chi connectivity index (χ1n) is 10.4. The topological polar surface area (TPSA) is 74.5 Å². The number of aliphatic hydroxyl groups excluding tert-OH is 1. The fraction of sp³-hybridized carbons (Fsp3) is 0.250. The van der Waals surface area contributed by atoms with E-state index in [-0.39, 0.29) is 0 Å². The van der Waals surface area contributed by atoms with Gasteiger partial charge in [-0.15, -0.1) is 11.3 Å². The number of benzene rings is 2. The number of thiophene rings is 1. The summed E-state index contributed by atoms with van der Waals surface area (Å²) in [6.45, 7) is 4.57. The average molecular weight is 434 g/mol. The van der Waals surface area contributed by atoms with E-state index in [4.69, 9.17) is 0 Å². The third kappa shape index (κ3) is 5.71. The molecule has 2 heterocycles. The Hall–Kier alpha value is -3.16. The monoisotopic (exact) mass is 433 g/mol. The standard InChI is InChI=1S/C24H27N5OS/c1-2-26-24(28-15-21(30)23-13-20-5-3-4-6-22(20)31-23)27-14-18-7-9-19(10-8-18)16-29-12-11-25-17-29/h3-13,17,21,30H,2,14-16H2,1H3,(H2,26,27,28). The molecule has 0 bridgehead atoms. The molecule has 0 aliphatic heterocycles. The Kier molecular flexibility index (Phi) is 6.96. The number of imidazole rings is 1. The molecule has 7 heteroatoms. The summed E-state index contributed by atoms with van der Waals surface area (Å²) in [5, 5.41) is 18.3. The first kappa shape index (κ1) is 21.1. The predicted octanol–water partition coefficient (Wildman–Crippen LogP) is 3.93. The van der Waals surface area contributed by atoms with Crippen molar-refractivity contribution in [1.82, 2.24) is 20.2 Å². The van der Waals surface area contributed by atoms with Crippen LogP contribution in [0.5, 0.6) is 0 Å². The number of guanidine groups is 1. The van der Waals surface area contributed by atoms with E-state index in [1.165, 1.54) is 15.6 Å². The summed E-state index contributed by atoms with van der Waals surface area (Å²) in [5.74, 6) is 0.699. The lowest BCUT2D eigenvalue weighted by Gasteiger charge is -2.14. The van der Waals surface area contributed by atoms with Gasteiger partial charge in [0.15, 0.2) is 5.96 Å². The van der Waals surface area contributed by atoms with Crippen molar-refractivity contribution >= 4 is 27.4 Å². The normalized spacial score (nSPS) is 12.8. The molecule has 0 aliphatic rings. The van der Waals surface area contributed by atoms with E-state index in [9.17, 15) is 5.11 Å². The summed E-state index contributed by atoms with van der Waals surface area (Å²) in [6.07, 6.45) is 4.99. The summed E-state index contributed by atoms with van der Waals surface area (Å²) in [7, 11) is 0. The molecule has 31 heavy (non-hydrogen) atoms. The molecule has 0 saturated carbocycles. The Balaban J connectivity index is 1.34. The molecule has 0 saturated heterocycles. The fourth-order valence-corrected chi connectivity index (χ4v) is 4.36. The molecule has 4 rings (SSSR count). The summed E-state index contributed by atoms with van der Waals surface area (Å²) < 4.78 is 3.23. The number of nitrogens with one attached hydrogen (secondary N) is 2. The quantitative estimate of drug-likeness (QED) is 0.291. The molecule has 2 aromatic carbocycles. The SMILES string of the molecule is CCNC(=NCc1ccc(Cn2ccnc2)cc1)NCC(O)c1cc2ccccc2s1. The van der Waals surface area contributed by atoms with Gasteiger partial charge in [0, 0.05) is 41.6 Å². The highest BCUT2D eigenvalue weighted by Gasteiger charge is 2.12. The van der Waals surface area contributed by atoms with Gasteiger partial charge in [-0.05, 0) is 35.6 Å². The van der Waals surface area contributed by atoms with Crippen LogP contribution >= 0.6 is 11.3 Å². The molecule has 0 aliphatic carbocycles. The lowest BCUT2D eigenvalue weighted by Crippen LogP contribution is -2.39. The predicted molar refractivity (Wildman–Crippen MR) is 127 cm³/mol. The number of fused-ring (bicyclic) bond motifs is 1. The van der Waals surface area contributed by atoms with Crippen molar-refractivity contribution in [2.45, 2.75) is 26.1 Å². The van der Waals surface area contributed by atoms with Gasteiger partial charge >= 0.3 is 0 Å². The highest BCUT2D eigenvalue weighted by Crippen LogP contribution is 2.29. The first-order valence-corrected chi connectivity index (χ1v) is 11.2. The van der Waals surface area contributed by atoms with Crippen molar-refractivity contribution in [3.63, 3.8) is 0 Å². The van der Waals surface area contributed by atoms with Gasteiger partial charge < -0.3 is 20.3 Å². The van der Waals surface area contributed by atoms with Crippen LogP contribution in [0.3, 0.4) is 0 Å². The van der Waals surface area contributed by atoms with Gasteiger partial charge in [0.25, 0.3) is 0 Å². The number of nitrogens with zero attached hydrogens (tertiary/aromatic N) is 3. The second-order valence-electron chi connectivity index (χ2n) is 7.33. The Morgan fingerprint density at radius 3 is 2.68 bits per heavy atom. The molecular formula is C24H27N5OS. The number of aliphatic hydroxyl groups is 1. The fourth-order valence-electron chi connectivity index (χ4n) is 3.31. The number of aliphatic imine (C=N–C) groups is 1. The van der Waals surface area contributed by atoms with Crippen molar-refractivity contribution in [1.29, 1.82) is 0 Å². The van der Waals surface area contributed by atoms with Crippen molar-refractivity contribution < 1.29 is 5.11 Å². The van der Waals surface area contributed by atoms with Gasteiger partial charge in [-0.1, -0.05) is 42.5 Å². The Morgan fingerprint density at radius 1 is 1.13 bits per heavy atom. The highest BCUT2D eigenvalue weighted by atomic mass is 32.1. The van der Waals surface area contributed by atoms with Gasteiger partial charge in [0.1, 0.15) is 6.10 Å². The average Bonchev–Trinajstić information content (AvgIpc) is 3.46. The third-order valence-corrected chi connectivity index (χ3v) is 6.16. The number of rotatable bonds is 8. The highest BCUT2D eigenvalue weighted by molar-refractivity contribution is 7.19. The van der Waals surface area contributed by atoms with Crippen LogP contribution in [-0.2, 0) is 13.1 Å². The van der Waals surface area contributed by atoms with E-state index in [0.717, 1.165) is 23.5 Å². The zero-order valence-electron chi connectivity index (χ0n) is 17.5. The summed E-state index contributed by atoms with van der Waals surface area (Å²) in [5.41, 5.74) is 2.36. The largest absolute Gasteiger partial charge is 0.386 e. The van der Waals surface area contributed by atoms with E-state index in [2.05, 4.69) is 63.1 Å². The van der Waals surface area contributed by atoms with Gasteiger partial charge in [0.05, 0.1) is 12.9 Å². The van der Waals surface area contributed by atoms with Crippen LogP contribution in [0, 0.1) is 0 Å². The number of aromatic nitrogens is 2. The maximum absolute atomic E-state index is 10.6. The number of hydrogen-bond donors (Lipinski definition) is 3. The molecule has 0 radical (unpaired) electrons. The van der Waals surface area contributed by atoms with Crippen molar-refractivity contribution in [2.24, 2.45) is 4.99 Å². The minimum Gasteiger partial charge on any atom is -0.386 e. The Bertz CT molecular complexity index is 1090. The van der Waals surface area contributed by atoms with Crippen molar-refractivity contribution in [3.8, 4) is 0 Å². The summed E-state index contributed by atoms with van der Waals surface area (Å²) >= 11 is 1.63. The Labute approximate surface area is 186 Å². The lowest BCUT2D eigenvalue weighted by atomic mass is 10.1. The van der Waals surface area contributed by atoms with Crippen LogP contribution in [-0.4, -0.2) is 33.7 Å². The second kappa shape index (κ2) is 10.2. The molecule has 6 nitrogen and oxygen atoms in total. The van der Waals surface area contributed by atoms with Gasteiger partial charge in [-0.3, -0.25) is 0 Å². The maximum Gasteiger partial charge on any atom is 0.191 e. The zero-order chi connectivity index (χ0) is 21.5. The van der Waals surface area contributed by atoms with Crippen LogP contribution < -0.4 is 10.6 Å². The minimum absolute atomic E-state index is 0.405. The molecule has 160 valence electrons. The summed E-state index contributed by atoms with van der Waals surface area (Å²) in [4.78, 5) is 9.70. The van der Waals surface area contributed by atoms with Gasteiger partial charge in [-0.2, -0.15) is 0 Å². The zero-order valence-corrected chi connectivity index (χ0v) is 18.3. The molecule has 0 fully saturated rings. The molecule has 3 N–H and O–H groups in total. The molecule has 1 unspecified atom stereocenters. The molecule has 4 aromatic rings. The van der Waals surface area contributed by atoms with Gasteiger partial charge in [-0.25, -0.2) is 9.98 Å². The maximum atomic E-state index is 10.6. The third-order valence-electron chi connectivity index (χ3n) is 4.95. The van der Waals surface area contributed by atoms with Gasteiger partial charge in [0.2, 0.25) is 0 Å². The van der Waals surface area contributed by atoms with E-state index in [1.54, 1.807) is 17.5 Å². The minimum atomic E-state index is -0.580. The Morgan fingerprint density at radius 2 is 1.94 bits per heavy atom. The molecule has 0 amide bonds. The molecular weight excluding hydrogens is 406 g/mol. The second-order valence-corrected chi connectivity index (χ2v) is 8.45. The van der Waals surface area contributed by atoms with E-state index in [1.807, 2.05) is 36.1 Å². The van der Waals surface area contributed by atoms with E-state index in [0.29, 0.717) is 19.0 Å². The van der Waals surface area contributed by atoms with Crippen LogP contribution in [0.2, 0.25) is 0 Å². The van der Waals surface area contributed by atoms with Crippen molar-refractivity contribution in [2.75, 3.05) is 13.1 Å². The van der Waals surface area contributed by atoms with Crippen LogP contribution in [0.4, 0.5) is 0 Å². The molecule has 2 aromatic heterocycles. The van der Waals surface area contributed by atoms with Crippen LogP contribution in [0.15, 0.2) is 78.3 Å². The lowest BCUT2D eigenvalue weighted by molar-refractivity contribution is 0.184. The summed E-state index contributed by atoms with van der Waals surface area (Å²) in [6, 6.07) is 18.7.